The van der Waals surface area contributed by atoms with E-state index in [0.717, 1.165) is 0 Å². The van der Waals surface area contributed by atoms with Gasteiger partial charge < -0.3 is 14.9 Å². The standard InChI is InChI=1S/C7H12O4/c1-11-5-2-4(3-5)6(8)7(9)10/h4-6,8H,2-3H2,1H3,(H,9,10). The number of carboxylic acid groups (broad SMARTS) is 1. The first-order chi connectivity index (χ1) is 5.15. The molecule has 4 nitrogen and oxygen atoms in total. The number of aliphatic hydroxyl groups excluding tert-OH is 1. The van der Waals surface area contributed by atoms with E-state index in [1.807, 2.05) is 0 Å². The molecule has 1 atom stereocenters. The number of rotatable bonds is 3. The van der Waals surface area contributed by atoms with Crippen LogP contribution in [-0.2, 0) is 9.53 Å². The summed E-state index contributed by atoms with van der Waals surface area (Å²) < 4.78 is 4.94. The summed E-state index contributed by atoms with van der Waals surface area (Å²) in [6, 6.07) is 0. The predicted octanol–water partition coefficient (Wildman–Crippen LogP) is -0.143. The Morgan fingerprint density at radius 2 is 2.18 bits per heavy atom. The van der Waals surface area contributed by atoms with Crippen molar-refractivity contribution in [3.63, 3.8) is 0 Å². The monoisotopic (exact) mass is 160 g/mol. The molecule has 11 heavy (non-hydrogen) atoms. The third-order valence-electron chi connectivity index (χ3n) is 2.16. The van der Waals surface area contributed by atoms with Crippen LogP contribution in [0.15, 0.2) is 0 Å². The van der Waals surface area contributed by atoms with Gasteiger partial charge in [-0.1, -0.05) is 0 Å². The Morgan fingerprint density at radius 3 is 2.55 bits per heavy atom. The highest BCUT2D eigenvalue weighted by molar-refractivity contribution is 5.72. The molecule has 64 valence electrons. The second-order valence-corrected chi connectivity index (χ2v) is 2.87. The Hall–Kier alpha value is -0.610. The number of carboxylic acids is 1. The average Bonchev–Trinajstić information content (AvgIpc) is 1.85. The molecule has 1 unspecified atom stereocenters. The fourth-order valence-corrected chi connectivity index (χ4v) is 1.26. The van der Waals surface area contributed by atoms with Crippen LogP contribution in [0.3, 0.4) is 0 Å². The second-order valence-electron chi connectivity index (χ2n) is 2.87. The van der Waals surface area contributed by atoms with Crippen molar-refractivity contribution in [1.29, 1.82) is 0 Å². The van der Waals surface area contributed by atoms with Crippen LogP contribution >= 0.6 is 0 Å². The molecule has 0 spiro atoms. The van der Waals surface area contributed by atoms with Crippen LogP contribution in [-0.4, -0.2) is 35.5 Å². The molecule has 1 aliphatic rings. The van der Waals surface area contributed by atoms with Crippen LogP contribution in [0, 0.1) is 5.92 Å². The fourth-order valence-electron chi connectivity index (χ4n) is 1.26. The van der Waals surface area contributed by atoms with E-state index in [1.165, 1.54) is 0 Å². The summed E-state index contributed by atoms with van der Waals surface area (Å²) in [5.74, 6) is -1.25. The number of methoxy groups -OCH3 is 1. The number of aliphatic hydroxyl groups is 1. The topological polar surface area (TPSA) is 66.8 Å². The van der Waals surface area contributed by atoms with Gasteiger partial charge in [-0.3, -0.25) is 0 Å². The molecule has 4 heteroatoms. The highest BCUT2D eigenvalue weighted by Gasteiger charge is 2.37. The summed E-state index contributed by atoms with van der Waals surface area (Å²) in [5, 5.41) is 17.4. The lowest BCUT2D eigenvalue weighted by atomic mass is 9.78. The molecule has 0 saturated heterocycles. The fraction of sp³-hybridized carbons (Fsp3) is 0.857. The third kappa shape index (κ3) is 1.70. The summed E-state index contributed by atoms with van der Waals surface area (Å²) in [7, 11) is 1.59. The Kier molecular flexibility index (Phi) is 2.46. The Labute approximate surface area is 64.8 Å². The zero-order valence-corrected chi connectivity index (χ0v) is 6.36. The number of hydrogen-bond donors (Lipinski definition) is 2. The summed E-state index contributed by atoms with van der Waals surface area (Å²) in [6.07, 6.45) is 0.254. The molecular weight excluding hydrogens is 148 g/mol. The Bertz CT molecular complexity index is 151. The first-order valence-electron chi connectivity index (χ1n) is 3.58. The molecule has 1 saturated carbocycles. The minimum atomic E-state index is -1.21. The molecule has 1 fully saturated rings. The van der Waals surface area contributed by atoms with Gasteiger partial charge in [0.2, 0.25) is 0 Å². The minimum Gasteiger partial charge on any atom is -0.479 e. The maximum absolute atomic E-state index is 10.2. The number of aliphatic carboxylic acids is 1. The van der Waals surface area contributed by atoms with Crippen LogP contribution in [0.25, 0.3) is 0 Å². The van der Waals surface area contributed by atoms with Crippen LogP contribution in [0.4, 0.5) is 0 Å². The molecule has 0 aromatic carbocycles. The first kappa shape index (κ1) is 8.49. The maximum Gasteiger partial charge on any atom is 0.332 e. The van der Waals surface area contributed by atoms with Gasteiger partial charge in [0, 0.05) is 13.0 Å². The molecule has 0 radical (unpaired) electrons. The van der Waals surface area contributed by atoms with Crippen molar-refractivity contribution in [3.05, 3.63) is 0 Å². The lowest BCUT2D eigenvalue weighted by Gasteiger charge is -2.35. The van der Waals surface area contributed by atoms with Gasteiger partial charge in [-0.15, -0.1) is 0 Å². The molecule has 0 amide bonds. The number of carbonyl (C=O) groups is 1. The van der Waals surface area contributed by atoms with Gasteiger partial charge in [-0.05, 0) is 12.8 Å². The highest BCUT2D eigenvalue weighted by Crippen LogP contribution is 2.32. The lowest BCUT2D eigenvalue weighted by molar-refractivity contribution is -0.155. The molecule has 1 aliphatic carbocycles. The summed E-state index contributed by atoms with van der Waals surface area (Å²) >= 11 is 0. The van der Waals surface area contributed by atoms with Crippen LogP contribution < -0.4 is 0 Å². The van der Waals surface area contributed by atoms with Gasteiger partial charge in [-0.2, -0.15) is 0 Å². The van der Waals surface area contributed by atoms with Crippen LogP contribution in [0.1, 0.15) is 12.8 Å². The van der Waals surface area contributed by atoms with E-state index in [2.05, 4.69) is 0 Å². The van der Waals surface area contributed by atoms with E-state index >= 15 is 0 Å². The Morgan fingerprint density at radius 1 is 1.64 bits per heavy atom. The van der Waals surface area contributed by atoms with Crippen molar-refractivity contribution in [3.8, 4) is 0 Å². The van der Waals surface area contributed by atoms with E-state index in [9.17, 15) is 4.79 Å². The first-order valence-corrected chi connectivity index (χ1v) is 3.58. The summed E-state index contributed by atoms with van der Waals surface area (Å²) in [5.41, 5.74) is 0. The van der Waals surface area contributed by atoms with Crippen LogP contribution in [0.2, 0.25) is 0 Å². The normalized spacial score (nSPS) is 32.5. The van der Waals surface area contributed by atoms with Gasteiger partial charge >= 0.3 is 5.97 Å². The van der Waals surface area contributed by atoms with Crippen molar-refractivity contribution < 1.29 is 19.7 Å². The van der Waals surface area contributed by atoms with Gasteiger partial charge in [0.05, 0.1) is 6.10 Å². The van der Waals surface area contributed by atoms with Crippen molar-refractivity contribution in [2.24, 2.45) is 5.92 Å². The quantitative estimate of drug-likeness (QED) is 0.603. The molecule has 0 aliphatic heterocycles. The van der Waals surface area contributed by atoms with Crippen molar-refractivity contribution in [2.45, 2.75) is 25.0 Å². The third-order valence-corrected chi connectivity index (χ3v) is 2.16. The van der Waals surface area contributed by atoms with E-state index in [-0.39, 0.29) is 12.0 Å². The lowest BCUT2D eigenvalue weighted by Crippen LogP contribution is -2.41. The van der Waals surface area contributed by atoms with E-state index < -0.39 is 12.1 Å². The Balaban J connectivity index is 2.26. The van der Waals surface area contributed by atoms with E-state index in [0.29, 0.717) is 12.8 Å². The van der Waals surface area contributed by atoms with E-state index in [1.54, 1.807) is 7.11 Å². The van der Waals surface area contributed by atoms with Crippen molar-refractivity contribution in [2.75, 3.05) is 7.11 Å². The second kappa shape index (κ2) is 3.19. The van der Waals surface area contributed by atoms with Gasteiger partial charge in [0.1, 0.15) is 0 Å². The predicted molar refractivity (Wildman–Crippen MR) is 37.2 cm³/mol. The smallest absolute Gasteiger partial charge is 0.332 e. The molecule has 1 rings (SSSR count). The number of hydrogen-bond acceptors (Lipinski definition) is 3. The molecular formula is C7H12O4. The molecule has 0 aromatic heterocycles. The van der Waals surface area contributed by atoms with Gasteiger partial charge in [0.25, 0.3) is 0 Å². The van der Waals surface area contributed by atoms with Gasteiger partial charge in [0.15, 0.2) is 6.10 Å². The minimum absolute atomic E-state index is 0.113. The molecule has 2 N–H and O–H groups in total. The maximum atomic E-state index is 10.2. The average molecular weight is 160 g/mol. The van der Waals surface area contributed by atoms with Crippen molar-refractivity contribution >= 4 is 5.97 Å². The van der Waals surface area contributed by atoms with E-state index in [4.69, 9.17) is 14.9 Å². The number of ether oxygens (including phenoxy) is 1. The zero-order valence-electron chi connectivity index (χ0n) is 6.36. The summed E-state index contributed by atoms with van der Waals surface area (Å²) in [4.78, 5) is 10.2. The van der Waals surface area contributed by atoms with Gasteiger partial charge in [-0.25, -0.2) is 4.79 Å². The molecule has 0 bridgehead atoms. The zero-order chi connectivity index (χ0) is 8.43. The molecule has 0 aromatic rings. The van der Waals surface area contributed by atoms with Crippen molar-refractivity contribution in [1.82, 2.24) is 0 Å². The summed E-state index contributed by atoms with van der Waals surface area (Å²) in [6.45, 7) is 0. The van der Waals surface area contributed by atoms with Crippen LogP contribution in [0.5, 0.6) is 0 Å². The molecule has 0 heterocycles. The highest BCUT2D eigenvalue weighted by atomic mass is 16.5. The SMILES string of the molecule is COC1CC(C(O)C(=O)O)C1. The largest absolute Gasteiger partial charge is 0.479 e.